The smallest absolute Gasteiger partial charge is 0.242 e. The van der Waals surface area contributed by atoms with Gasteiger partial charge in [-0.1, -0.05) is 23.4 Å². The average molecular weight is 280 g/mol. The summed E-state index contributed by atoms with van der Waals surface area (Å²) >= 11 is 7.34. The van der Waals surface area contributed by atoms with E-state index in [2.05, 4.69) is 19.4 Å². The van der Waals surface area contributed by atoms with Crippen LogP contribution in [0.5, 0.6) is 0 Å². The van der Waals surface area contributed by atoms with Gasteiger partial charge in [0.1, 0.15) is 0 Å². The minimum absolute atomic E-state index is 0.406. The van der Waals surface area contributed by atoms with E-state index in [-0.39, 0.29) is 0 Å². The van der Waals surface area contributed by atoms with Crippen LogP contribution in [0.3, 0.4) is 0 Å². The first-order valence-electron chi connectivity index (χ1n) is 3.82. The fourth-order valence-electron chi connectivity index (χ4n) is 0.898. The van der Waals surface area contributed by atoms with Gasteiger partial charge in [-0.15, -0.1) is 5.10 Å². The van der Waals surface area contributed by atoms with Gasteiger partial charge in [-0.2, -0.15) is 14.3 Å². The first-order chi connectivity index (χ1) is 7.20. The molecule has 0 fully saturated rings. The Morgan fingerprint density at radius 1 is 1.53 bits per heavy atom. The van der Waals surface area contributed by atoms with Gasteiger partial charge < -0.3 is 0 Å². The molecule has 0 aliphatic heterocycles. The molecule has 15 heavy (non-hydrogen) atoms. The number of aryl methyl sites for hydroxylation is 1. The zero-order valence-corrected chi connectivity index (χ0v) is 11.0. The third kappa shape index (κ3) is 2.39. The Bertz CT molecular complexity index is 527. The summed E-state index contributed by atoms with van der Waals surface area (Å²) in [5.74, 6) is 0.417. The number of rotatable bonds is 2. The SMILES string of the molecule is CSc1nc(/N=c2\ssnc2Cl)nn1C. The summed E-state index contributed by atoms with van der Waals surface area (Å²) in [5, 5.41) is 5.36. The molecule has 0 radical (unpaired) electrons. The molecule has 0 saturated carbocycles. The lowest BCUT2D eigenvalue weighted by molar-refractivity contribution is 0.686. The topological polar surface area (TPSA) is 56.0 Å². The standard InChI is InChI=1S/C6H6ClN5S3/c1-12-6(13-2)9-5(10-12)8-4-3(7)11-15-14-4/h1-2H3/b8-4-. The average Bonchev–Trinajstić information content (AvgIpc) is 2.75. The second kappa shape index (κ2) is 4.60. The van der Waals surface area contributed by atoms with Crippen LogP contribution in [0.1, 0.15) is 0 Å². The normalized spacial score (nSPS) is 12.3. The second-order valence-corrected chi connectivity index (χ2v) is 5.44. The lowest BCUT2D eigenvalue weighted by Crippen LogP contribution is -1.94. The Morgan fingerprint density at radius 3 is 2.87 bits per heavy atom. The van der Waals surface area contributed by atoms with Crippen molar-refractivity contribution in [3.63, 3.8) is 0 Å². The van der Waals surface area contributed by atoms with Gasteiger partial charge in [0.05, 0.1) is 0 Å². The molecule has 0 atom stereocenters. The van der Waals surface area contributed by atoms with Crippen molar-refractivity contribution >= 4 is 50.2 Å². The summed E-state index contributed by atoms with van der Waals surface area (Å²) in [6.07, 6.45) is 1.94. The number of halogens is 1. The van der Waals surface area contributed by atoms with Crippen molar-refractivity contribution in [3.05, 3.63) is 9.82 Å². The first-order valence-corrected chi connectivity index (χ1v) is 7.53. The van der Waals surface area contributed by atoms with Gasteiger partial charge in [0.2, 0.25) is 0 Å². The highest BCUT2D eigenvalue weighted by Crippen LogP contribution is 2.15. The molecular weight excluding hydrogens is 274 g/mol. The minimum atomic E-state index is 0.406. The van der Waals surface area contributed by atoms with E-state index in [0.29, 0.717) is 15.8 Å². The molecule has 0 aromatic carbocycles. The molecule has 80 valence electrons. The molecule has 0 bridgehead atoms. The summed E-state index contributed by atoms with van der Waals surface area (Å²) in [5.41, 5.74) is 0. The van der Waals surface area contributed by atoms with Crippen LogP contribution in [-0.4, -0.2) is 25.4 Å². The quantitative estimate of drug-likeness (QED) is 0.623. The van der Waals surface area contributed by atoms with Gasteiger partial charge in [0, 0.05) is 17.6 Å². The van der Waals surface area contributed by atoms with Crippen molar-refractivity contribution in [3.8, 4) is 0 Å². The number of hydrogen-bond donors (Lipinski definition) is 0. The van der Waals surface area contributed by atoms with E-state index < -0.39 is 0 Å². The summed E-state index contributed by atoms with van der Waals surface area (Å²) in [4.78, 5) is 8.43. The van der Waals surface area contributed by atoms with E-state index in [4.69, 9.17) is 11.6 Å². The predicted molar refractivity (Wildman–Crippen MR) is 63.0 cm³/mol. The number of nitrogens with zero attached hydrogens (tertiary/aromatic N) is 5. The van der Waals surface area contributed by atoms with Crippen molar-refractivity contribution < 1.29 is 0 Å². The van der Waals surface area contributed by atoms with Crippen LogP contribution >= 0.6 is 44.2 Å². The van der Waals surface area contributed by atoms with Gasteiger partial charge in [0.25, 0.3) is 5.95 Å². The highest BCUT2D eigenvalue weighted by atomic mass is 35.5. The molecule has 0 aliphatic carbocycles. The van der Waals surface area contributed by atoms with Crippen molar-refractivity contribution in [1.82, 2.24) is 19.1 Å². The Labute approximate surface area is 102 Å². The summed E-state index contributed by atoms with van der Waals surface area (Å²) < 4.78 is 6.26. The van der Waals surface area contributed by atoms with Gasteiger partial charge >= 0.3 is 0 Å². The second-order valence-electron chi connectivity index (χ2n) is 2.48. The van der Waals surface area contributed by atoms with Crippen LogP contribution in [0.25, 0.3) is 0 Å². The van der Waals surface area contributed by atoms with Crippen LogP contribution in [0, 0.1) is 0 Å². The zero-order valence-electron chi connectivity index (χ0n) is 7.84. The molecule has 0 spiro atoms. The highest BCUT2D eigenvalue weighted by molar-refractivity contribution is 7.98. The Hall–Kier alpha value is -0.440. The Morgan fingerprint density at radius 2 is 2.33 bits per heavy atom. The third-order valence-electron chi connectivity index (χ3n) is 1.51. The van der Waals surface area contributed by atoms with E-state index in [9.17, 15) is 0 Å². The van der Waals surface area contributed by atoms with Crippen molar-refractivity contribution in [2.75, 3.05) is 6.26 Å². The van der Waals surface area contributed by atoms with E-state index in [1.807, 2.05) is 13.3 Å². The lowest BCUT2D eigenvalue weighted by Gasteiger charge is -1.89. The Balaban J connectivity index is 2.44. The molecule has 2 aromatic heterocycles. The molecule has 2 aromatic rings. The van der Waals surface area contributed by atoms with Gasteiger partial charge in [0.15, 0.2) is 15.0 Å². The molecule has 0 aliphatic rings. The third-order valence-corrected chi connectivity index (χ3v) is 4.40. The predicted octanol–water partition coefficient (Wildman–Crippen LogP) is 1.94. The highest BCUT2D eigenvalue weighted by Gasteiger charge is 2.05. The molecule has 0 amide bonds. The van der Waals surface area contributed by atoms with Crippen molar-refractivity contribution in [1.29, 1.82) is 0 Å². The van der Waals surface area contributed by atoms with Crippen molar-refractivity contribution in [2.24, 2.45) is 12.0 Å². The van der Waals surface area contributed by atoms with Crippen LogP contribution in [0.2, 0.25) is 5.15 Å². The van der Waals surface area contributed by atoms with E-state index >= 15 is 0 Å². The number of thioether (sulfide) groups is 1. The molecular formula is C6H6ClN5S3. The number of aromatic nitrogens is 4. The fourth-order valence-corrected chi connectivity index (χ4v) is 3.34. The first kappa shape index (κ1) is 11.1. The molecule has 5 nitrogen and oxygen atoms in total. The molecule has 0 N–H and O–H groups in total. The minimum Gasteiger partial charge on any atom is -0.242 e. The summed E-state index contributed by atoms with van der Waals surface area (Å²) in [7, 11) is 4.53. The van der Waals surface area contributed by atoms with Crippen LogP contribution in [0.4, 0.5) is 5.95 Å². The van der Waals surface area contributed by atoms with Gasteiger partial charge in [-0.05, 0) is 16.6 Å². The molecule has 2 rings (SSSR count). The maximum Gasteiger partial charge on any atom is 0.270 e. The summed E-state index contributed by atoms with van der Waals surface area (Å²) in [6, 6.07) is 0. The van der Waals surface area contributed by atoms with E-state index in [1.165, 1.54) is 32.6 Å². The summed E-state index contributed by atoms with van der Waals surface area (Å²) in [6.45, 7) is 0. The largest absolute Gasteiger partial charge is 0.270 e. The van der Waals surface area contributed by atoms with Crippen LogP contribution < -0.4 is 4.67 Å². The maximum atomic E-state index is 5.82. The van der Waals surface area contributed by atoms with Crippen LogP contribution in [-0.2, 0) is 7.05 Å². The maximum absolute atomic E-state index is 5.82. The Kier molecular flexibility index (Phi) is 3.39. The van der Waals surface area contributed by atoms with E-state index in [0.717, 1.165) is 5.16 Å². The lowest BCUT2D eigenvalue weighted by atomic mass is 10.9. The fraction of sp³-hybridized carbons (Fsp3) is 0.333. The van der Waals surface area contributed by atoms with Crippen molar-refractivity contribution in [2.45, 2.75) is 5.16 Å². The van der Waals surface area contributed by atoms with E-state index in [1.54, 1.807) is 4.68 Å². The van der Waals surface area contributed by atoms with Gasteiger partial charge in [-0.3, -0.25) is 0 Å². The molecule has 0 saturated heterocycles. The molecule has 9 heteroatoms. The van der Waals surface area contributed by atoms with Crippen LogP contribution in [0.15, 0.2) is 10.1 Å². The zero-order chi connectivity index (χ0) is 10.8. The molecule has 2 heterocycles. The number of hydrogen-bond acceptors (Lipinski definition) is 7. The molecule has 0 unspecified atom stereocenters. The van der Waals surface area contributed by atoms with Gasteiger partial charge in [-0.25, -0.2) is 4.68 Å². The monoisotopic (exact) mass is 279 g/mol.